The molecule has 0 spiro atoms. The molecule has 0 saturated heterocycles. The van der Waals surface area contributed by atoms with Crippen LogP contribution in [-0.4, -0.2) is 54.1 Å². The summed E-state index contributed by atoms with van der Waals surface area (Å²) in [5.74, 6) is -8.81. The Morgan fingerprint density at radius 2 is 1.46 bits per heavy atom. The molecule has 1 aromatic carbocycles. The van der Waals surface area contributed by atoms with Gasteiger partial charge in [0.25, 0.3) is 6.10 Å². The smallest absolute Gasteiger partial charge is 0.453 e. The number of ether oxygens (including phenoxy) is 5. The number of carbonyl (C=O) groups excluding carboxylic acids is 3. The van der Waals surface area contributed by atoms with Crippen LogP contribution in [0.5, 0.6) is 11.5 Å². The molecule has 0 atom stereocenters. The number of benzene rings is 1. The second kappa shape index (κ2) is 7.72. The fourth-order valence-electron chi connectivity index (χ4n) is 2.02. The van der Waals surface area contributed by atoms with Gasteiger partial charge in [-0.1, -0.05) is 12.1 Å². The maximum atomic E-state index is 12.4. The summed E-state index contributed by atoms with van der Waals surface area (Å²) in [7, 11) is 0. The Bertz CT molecular complexity index is 682. The lowest BCUT2D eigenvalue weighted by atomic mass is 10.2. The number of carboxylic acid groups (broad SMARTS) is 1. The average molecular weight is 368 g/mol. The van der Waals surface area contributed by atoms with E-state index in [1.807, 2.05) is 0 Å². The first-order valence-electron chi connectivity index (χ1n) is 7.60. The summed E-state index contributed by atoms with van der Waals surface area (Å²) in [5, 5.41) is 9.42. The molecular formula is C16H16O10. The molecule has 0 bridgehead atoms. The molecule has 0 saturated carbocycles. The number of esters is 3. The summed E-state index contributed by atoms with van der Waals surface area (Å²) < 4.78 is 24.2. The first-order valence-corrected chi connectivity index (χ1v) is 7.60. The largest absolute Gasteiger partial charge is 0.475 e. The topological polar surface area (TPSA) is 135 Å². The Balaban J connectivity index is 2.27. The standard InChI is InChI=1S/C16H16O10/c1-3-22-12(17)11(13(18)23-4-2)24-15(21)16(14(19)20)25-9-7-5-6-8-10(9)26-16/h5-8,11H,3-4H2,1-2H3,(H,19,20). The van der Waals surface area contributed by atoms with Gasteiger partial charge in [0, 0.05) is 0 Å². The first-order chi connectivity index (χ1) is 12.4. The van der Waals surface area contributed by atoms with Crippen molar-refractivity contribution in [1.82, 2.24) is 0 Å². The lowest BCUT2D eigenvalue weighted by molar-refractivity contribution is -0.208. The van der Waals surface area contributed by atoms with Crippen molar-refractivity contribution in [3.63, 3.8) is 0 Å². The molecule has 1 N–H and O–H groups in total. The first kappa shape index (κ1) is 19.0. The molecule has 0 aliphatic carbocycles. The zero-order valence-corrected chi connectivity index (χ0v) is 13.9. The number of fused-ring (bicyclic) bond motifs is 1. The molecule has 0 radical (unpaired) electrons. The van der Waals surface area contributed by atoms with E-state index in [1.165, 1.54) is 38.1 Å². The van der Waals surface area contributed by atoms with Crippen LogP contribution in [0.15, 0.2) is 24.3 Å². The number of rotatable bonds is 7. The second-order valence-corrected chi connectivity index (χ2v) is 4.86. The van der Waals surface area contributed by atoms with Crippen LogP contribution in [0.3, 0.4) is 0 Å². The zero-order valence-electron chi connectivity index (χ0n) is 13.9. The number of hydrogen-bond acceptors (Lipinski definition) is 9. The molecule has 26 heavy (non-hydrogen) atoms. The highest BCUT2D eigenvalue weighted by molar-refractivity contribution is 6.06. The Labute approximate surface area is 147 Å². The Kier molecular flexibility index (Phi) is 5.65. The van der Waals surface area contributed by atoms with E-state index in [0.29, 0.717) is 0 Å². The van der Waals surface area contributed by atoms with E-state index < -0.39 is 35.8 Å². The molecule has 0 unspecified atom stereocenters. The van der Waals surface area contributed by atoms with E-state index in [0.717, 1.165) is 0 Å². The highest BCUT2D eigenvalue weighted by atomic mass is 16.8. The van der Waals surface area contributed by atoms with Gasteiger partial charge in [-0.05, 0) is 26.0 Å². The van der Waals surface area contributed by atoms with Crippen LogP contribution in [0.2, 0.25) is 0 Å². The van der Waals surface area contributed by atoms with Crippen LogP contribution in [0.1, 0.15) is 13.8 Å². The van der Waals surface area contributed by atoms with Gasteiger partial charge in [0.1, 0.15) is 0 Å². The van der Waals surface area contributed by atoms with Crippen LogP contribution < -0.4 is 9.47 Å². The third-order valence-corrected chi connectivity index (χ3v) is 3.13. The minimum Gasteiger partial charge on any atom is -0.475 e. The third kappa shape index (κ3) is 3.53. The molecule has 1 aliphatic rings. The maximum Gasteiger partial charge on any atom is 0.453 e. The Morgan fingerprint density at radius 1 is 1.00 bits per heavy atom. The van der Waals surface area contributed by atoms with Gasteiger partial charge in [0.2, 0.25) is 0 Å². The summed E-state index contributed by atoms with van der Waals surface area (Å²) in [6, 6.07) is 5.82. The Hall–Kier alpha value is -3.30. The van der Waals surface area contributed by atoms with E-state index in [-0.39, 0.29) is 24.7 Å². The summed E-state index contributed by atoms with van der Waals surface area (Å²) in [6.45, 7) is 2.74. The predicted molar refractivity (Wildman–Crippen MR) is 81.2 cm³/mol. The van der Waals surface area contributed by atoms with Gasteiger partial charge in [-0.25, -0.2) is 19.2 Å². The van der Waals surface area contributed by atoms with Crippen molar-refractivity contribution >= 4 is 23.9 Å². The van der Waals surface area contributed by atoms with Crippen molar-refractivity contribution in [2.75, 3.05) is 13.2 Å². The SMILES string of the molecule is CCOC(=O)C(OC(=O)C1(C(=O)O)Oc2ccccc2O1)C(=O)OCC. The van der Waals surface area contributed by atoms with Crippen molar-refractivity contribution in [2.24, 2.45) is 0 Å². The highest BCUT2D eigenvalue weighted by Crippen LogP contribution is 2.39. The van der Waals surface area contributed by atoms with Gasteiger partial charge >= 0.3 is 29.7 Å². The van der Waals surface area contributed by atoms with Crippen molar-refractivity contribution in [1.29, 1.82) is 0 Å². The van der Waals surface area contributed by atoms with Crippen LogP contribution in [-0.2, 0) is 33.4 Å². The number of hydrogen-bond donors (Lipinski definition) is 1. The maximum absolute atomic E-state index is 12.4. The van der Waals surface area contributed by atoms with Gasteiger partial charge in [0.05, 0.1) is 13.2 Å². The van der Waals surface area contributed by atoms with Crippen LogP contribution in [0.4, 0.5) is 0 Å². The van der Waals surface area contributed by atoms with E-state index in [9.17, 15) is 24.3 Å². The second-order valence-electron chi connectivity index (χ2n) is 4.86. The van der Waals surface area contributed by atoms with Crippen LogP contribution in [0.25, 0.3) is 0 Å². The van der Waals surface area contributed by atoms with Gasteiger partial charge < -0.3 is 28.8 Å². The molecule has 0 fully saturated rings. The monoisotopic (exact) mass is 368 g/mol. The molecule has 1 heterocycles. The molecule has 2 rings (SSSR count). The number of carbonyl (C=O) groups is 4. The highest BCUT2D eigenvalue weighted by Gasteiger charge is 2.60. The van der Waals surface area contributed by atoms with E-state index >= 15 is 0 Å². The Morgan fingerprint density at radius 3 is 1.85 bits per heavy atom. The fraction of sp³-hybridized carbons (Fsp3) is 0.375. The predicted octanol–water partition coefficient (Wildman–Crippen LogP) is 0.277. The number of aliphatic carboxylic acids is 1. The van der Waals surface area contributed by atoms with Gasteiger partial charge in [-0.3, -0.25) is 0 Å². The summed E-state index contributed by atoms with van der Waals surface area (Å²) in [5.41, 5.74) is 0. The lowest BCUT2D eigenvalue weighted by Gasteiger charge is -2.23. The average Bonchev–Trinajstić information content (AvgIpc) is 3.00. The van der Waals surface area contributed by atoms with Crippen LogP contribution in [0, 0.1) is 0 Å². The normalized spacial score (nSPS) is 13.8. The summed E-state index contributed by atoms with van der Waals surface area (Å²) in [4.78, 5) is 47.8. The van der Waals surface area contributed by atoms with Gasteiger partial charge in [-0.2, -0.15) is 0 Å². The van der Waals surface area contributed by atoms with E-state index in [2.05, 4.69) is 9.47 Å². The molecule has 10 nitrogen and oxygen atoms in total. The van der Waals surface area contributed by atoms with Gasteiger partial charge in [0.15, 0.2) is 11.5 Å². The van der Waals surface area contributed by atoms with Crippen molar-refractivity contribution in [2.45, 2.75) is 25.7 Å². The molecular weight excluding hydrogens is 352 g/mol. The van der Waals surface area contributed by atoms with Crippen LogP contribution >= 0.6 is 0 Å². The molecule has 10 heteroatoms. The number of para-hydroxylation sites is 2. The van der Waals surface area contributed by atoms with Crippen molar-refractivity contribution < 1.29 is 48.0 Å². The molecule has 140 valence electrons. The number of carboxylic acids is 1. The quantitative estimate of drug-likeness (QED) is 0.406. The molecule has 1 aliphatic heterocycles. The fourth-order valence-corrected chi connectivity index (χ4v) is 2.02. The molecule has 1 aromatic rings. The van der Waals surface area contributed by atoms with Gasteiger partial charge in [-0.15, -0.1) is 0 Å². The third-order valence-electron chi connectivity index (χ3n) is 3.13. The van der Waals surface area contributed by atoms with Crippen molar-refractivity contribution in [3.8, 4) is 11.5 Å². The van der Waals surface area contributed by atoms with E-state index in [4.69, 9.17) is 14.2 Å². The summed E-state index contributed by atoms with van der Waals surface area (Å²) >= 11 is 0. The zero-order chi connectivity index (χ0) is 19.3. The summed E-state index contributed by atoms with van der Waals surface area (Å²) in [6.07, 6.45) is -2.12. The van der Waals surface area contributed by atoms with E-state index in [1.54, 1.807) is 0 Å². The molecule has 0 aromatic heterocycles. The van der Waals surface area contributed by atoms with Crippen molar-refractivity contribution in [3.05, 3.63) is 24.3 Å². The minimum absolute atomic E-state index is 0.0179. The molecule has 0 amide bonds. The lowest BCUT2D eigenvalue weighted by Crippen LogP contribution is -2.57. The minimum atomic E-state index is -2.90.